The fraction of sp³-hybridized carbons (Fsp3) is 0.522. The van der Waals surface area contributed by atoms with Gasteiger partial charge in [0.25, 0.3) is 0 Å². The van der Waals surface area contributed by atoms with Gasteiger partial charge in [-0.25, -0.2) is 6.67 Å². The fourth-order valence-corrected chi connectivity index (χ4v) is 2.51. The summed E-state index contributed by atoms with van der Waals surface area (Å²) in [5.74, 6) is 0. The molecule has 0 unspecified atom stereocenters. The number of aromatic nitrogens is 2. The molecule has 2 rings (SSSR count). The molecule has 0 atom stereocenters. The van der Waals surface area contributed by atoms with E-state index in [0.717, 1.165) is 0 Å². The number of pyridine rings is 2. The van der Waals surface area contributed by atoms with Crippen LogP contribution < -0.4 is 0 Å². The van der Waals surface area contributed by atoms with Crippen molar-refractivity contribution in [1.82, 2.24) is 19.8 Å². The molecule has 29 heavy (non-hydrogen) atoms. The normalized spacial score (nSPS) is 10.4. The maximum atomic E-state index is 4.49. The van der Waals surface area contributed by atoms with E-state index in [1.165, 1.54) is 0 Å². The Kier molecular flexibility index (Phi) is 21.4. The van der Waals surface area contributed by atoms with E-state index >= 15 is 0 Å². The van der Waals surface area contributed by atoms with Gasteiger partial charge in [-0.1, -0.05) is 67.5 Å². The maximum Gasteiger partial charge on any atom is 0.0267 e. The molecule has 6 heteroatoms. The van der Waals surface area contributed by atoms with E-state index in [0.29, 0.717) is 24.2 Å². The van der Waals surface area contributed by atoms with E-state index in [9.17, 15) is 0 Å². The standard InChI is InChI=1S/C13H29N2.2C5H5N.ClH.Pd/c1-10(2)14(11(3)4)9-15(12(5)6)13(7)8;2*1-2-4-6-5-3-1;;/h9-13H,1-8H3;2*1-5H;1H;/q-1;;;;+2/p-1. The van der Waals surface area contributed by atoms with Crippen molar-refractivity contribution in [3.8, 4) is 0 Å². The molecular weight excluding hydrogens is 474 g/mol. The number of rotatable bonds is 6. The molecule has 0 fully saturated rings. The van der Waals surface area contributed by atoms with Crippen molar-refractivity contribution >= 4 is 9.53 Å². The molecule has 0 bridgehead atoms. The van der Waals surface area contributed by atoms with Crippen LogP contribution in [0.1, 0.15) is 55.4 Å². The average molecular weight is 513 g/mol. The van der Waals surface area contributed by atoms with Crippen LogP contribution in [0.5, 0.6) is 0 Å². The van der Waals surface area contributed by atoms with Gasteiger partial charge in [-0.3, -0.25) is 9.97 Å². The summed E-state index contributed by atoms with van der Waals surface area (Å²) in [6, 6.07) is 13.7. The summed E-state index contributed by atoms with van der Waals surface area (Å²) >= 11 is 2.22. The van der Waals surface area contributed by atoms with Gasteiger partial charge in [0, 0.05) is 24.8 Å². The first-order valence-corrected chi connectivity index (χ1v) is 12.0. The van der Waals surface area contributed by atoms with Crippen LogP contribution in [0.15, 0.2) is 61.2 Å². The third-order valence-electron chi connectivity index (χ3n) is 3.78. The molecule has 0 aromatic carbocycles. The van der Waals surface area contributed by atoms with E-state index in [-0.39, 0.29) is 0 Å². The second kappa shape index (κ2) is 20.4. The first-order valence-electron chi connectivity index (χ1n) is 9.99. The monoisotopic (exact) mass is 512 g/mol. The molecule has 0 N–H and O–H groups in total. The molecule has 2 aromatic heterocycles. The van der Waals surface area contributed by atoms with Crippen LogP contribution in [0.3, 0.4) is 0 Å². The van der Waals surface area contributed by atoms with Gasteiger partial charge in [-0.15, -0.1) is 0 Å². The van der Waals surface area contributed by atoms with E-state index in [2.05, 4.69) is 110 Å². The second-order valence-corrected chi connectivity index (χ2v) is 7.43. The van der Waals surface area contributed by atoms with Crippen molar-refractivity contribution in [1.29, 1.82) is 0 Å². The second-order valence-electron chi connectivity index (χ2n) is 7.43. The van der Waals surface area contributed by atoms with Crippen molar-refractivity contribution in [2.45, 2.75) is 79.6 Å². The van der Waals surface area contributed by atoms with E-state index < -0.39 is 0 Å². The summed E-state index contributed by atoms with van der Waals surface area (Å²) in [5.41, 5.74) is 0. The Morgan fingerprint density at radius 1 is 0.552 bits per heavy atom. The van der Waals surface area contributed by atoms with Gasteiger partial charge in [0.2, 0.25) is 0 Å². The van der Waals surface area contributed by atoms with Crippen molar-refractivity contribution in [3.05, 3.63) is 67.9 Å². The Morgan fingerprint density at radius 3 is 0.897 bits per heavy atom. The van der Waals surface area contributed by atoms with Crippen molar-refractivity contribution < 1.29 is 18.2 Å². The summed E-state index contributed by atoms with van der Waals surface area (Å²) in [4.78, 5) is 12.4. The maximum absolute atomic E-state index is 4.49. The third-order valence-corrected chi connectivity index (χ3v) is 3.78. The number of hydrogen-bond donors (Lipinski definition) is 0. The SMILES string of the molecule is CC(C)N([CH-]N(C(C)C)C(C)C)C(C)C.[Cl][Pd+].c1ccncc1.c1ccncc1. The molecule has 4 nitrogen and oxygen atoms in total. The predicted octanol–water partition coefficient (Wildman–Crippen LogP) is 6.19. The van der Waals surface area contributed by atoms with Crippen LogP contribution in [0.25, 0.3) is 0 Å². The minimum Gasteiger partial charge on any atom is -0.265 e. The number of hydrogen-bond acceptors (Lipinski definition) is 4. The van der Waals surface area contributed by atoms with Crippen LogP contribution in [0, 0.1) is 6.67 Å². The predicted molar refractivity (Wildman–Crippen MR) is 123 cm³/mol. The van der Waals surface area contributed by atoms with Gasteiger partial charge in [0.15, 0.2) is 0 Å². The van der Waals surface area contributed by atoms with Crippen LogP contribution in [0.4, 0.5) is 0 Å². The Hall–Kier alpha value is -0.828. The molecule has 0 aliphatic carbocycles. The molecule has 2 heterocycles. The molecule has 2 aromatic rings. The first kappa shape index (κ1) is 30.4. The summed E-state index contributed by atoms with van der Waals surface area (Å²) in [5, 5.41) is 0. The topological polar surface area (TPSA) is 32.3 Å². The zero-order chi connectivity index (χ0) is 22.7. The quantitative estimate of drug-likeness (QED) is 0.341. The van der Waals surface area contributed by atoms with Gasteiger partial charge in [0.1, 0.15) is 0 Å². The van der Waals surface area contributed by atoms with Crippen molar-refractivity contribution in [2.75, 3.05) is 0 Å². The zero-order valence-electron chi connectivity index (χ0n) is 19.1. The van der Waals surface area contributed by atoms with Gasteiger partial charge >= 0.3 is 27.7 Å². The van der Waals surface area contributed by atoms with Crippen LogP contribution in [-0.2, 0) is 18.2 Å². The zero-order valence-corrected chi connectivity index (χ0v) is 21.5. The minimum atomic E-state index is 0.560. The van der Waals surface area contributed by atoms with Crippen molar-refractivity contribution in [3.63, 3.8) is 0 Å². The van der Waals surface area contributed by atoms with Crippen LogP contribution in [-0.4, -0.2) is 43.9 Å². The first-order chi connectivity index (χ1) is 13.8. The molecule has 0 radical (unpaired) electrons. The fourth-order valence-electron chi connectivity index (χ4n) is 2.51. The van der Waals surface area contributed by atoms with Gasteiger partial charge in [0.05, 0.1) is 0 Å². The molecule has 0 spiro atoms. The Labute approximate surface area is 194 Å². The summed E-state index contributed by atoms with van der Waals surface area (Å²) in [6.45, 7) is 20.3. The Morgan fingerprint density at radius 2 is 0.793 bits per heavy atom. The van der Waals surface area contributed by atoms with E-state index in [1.807, 2.05) is 36.4 Å². The Balaban J connectivity index is 0. The molecule has 0 saturated heterocycles. The number of halogens is 1. The van der Waals surface area contributed by atoms with Gasteiger partial charge < -0.3 is 9.80 Å². The summed E-state index contributed by atoms with van der Waals surface area (Å²) < 4.78 is 0. The summed E-state index contributed by atoms with van der Waals surface area (Å²) in [7, 11) is 4.49. The van der Waals surface area contributed by atoms with Crippen LogP contribution >= 0.6 is 9.53 Å². The van der Waals surface area contributed by atoms with Crippen molar-refractivity contribution in [2.24, 2.45) is 0 Å². The van der Waals surface area contributed by atoms with Gasteiger partial charge in [-0.05, 0) is 48.4 Å². The number of nitrogens with zero attached hydrogens (tertiary/aromatic N) is 4. The van der Waals surface area contributed by atoms with E-state index in [4.69, 9.17) is 0 Å². The van der Waals surface area contributed by atoms with E-state index in [1.54, 1.807) is 24.8 Å². The minimum absolute atomic E-state index is 0.560. The third kappa shape index (κ3) is 17.7. The smallest absolute Gasteiger partial charge is 0.0267 e. The molecule has 0 aliphatic rings. The molecule has 168 valence electrons. The largest absolute Gasteiger partial charge is 0.265 e. The van der Waals surface area contributed by atoms with Crippen LogP contribution in [0.2, 0.25) is 0 Å². The average Bonchev–Trinajstić information content (AvgIpc) is 2.72. The molecule has 0 aliphatic heterocycles. The summed E-state index contributed by atoms with van der Waals surface area (Å²) in [6.07, 6.45) is 7.00. The molecule has 0 amide bonds. The van der Waals surface area contributed by atoms with Gasteiger partial charge in [-0.2, -0.15) is 0 Å². The Bertz CT molecular complexity index is 420. The molecular formula is C23H39ClN4Pd. The molecule has 0 saturated carbocycles.